The van der Waals surface area contributed by atoms with E-state index in [9.17, 15) is 4.21 Å². The summed E-state index contributed by atoms with van der Waals surface area (Å²) >= 11 is 0. The molecule has 2 nitrogen and oxygen atoms in total. The van der Waals surface area contributed by atoms with E-state index in [1.54, 1.807) is 6.26 Å². The van der Waals surface area contributed by atoms with Gasteiger partial charge in [-0.25, -0.2) is 0 Å². The molecule has 78 valence electrons. The van der Waals surface area contributed by atoms with Crippen LogP contribution in [0.5, 0.6) is 0 Å². The van der Waals surface area contributed by atoms with Gasteiger partial charge < -0.3 is 5.32 Å². The van der Waals surface area contributed by atoms with Crippen LogP contribution >= 0.6 is 0 Å². The summed E-state index contributed by atoms with van der Waals surface area (Å²) in [7, 11) is 1.33. The highest BCUT2D eigenvalue weighted by molar-refractivity contribution is 7.84. The first-order valence-corrected chi connectivity index (χ1v) is 6.94. The molecule has 1 N–H and O–H groups in total. The third-order valence-electron chi connectivity index (χ3n) is 3.00. The average Bonchev–Trinajstić information content (AvgIpc) is 2.15. The summed E-state index contributed by atoms with van der Waals surface area (Å²) < 4.78 is 11.1. The van der Waals surface area contributed by atoms with Crippen LogP contribution in [0.3, 0.4) is 0 Å². The van der Waals surface area contributed by atoms with Gasteiger partial charge in [-0.3, -0.25) is 4.21 Å². The van der Waals surface area contributed by atoms with Crippen molar-refractivity contribution in [2.75, 3.05) is 19.1 Å². The zero-order valence-corrected chi connectivity index (χ0v) is 9.53. The molecule has 0 aromatic carbocycles. The lowest BCUT2D eigenvalue weighted by Crippen LogP contribution is -2.39. The molecular weight excluding hydrogens is 182 g/mol. The van der Waals surface area contributed by atoms with Crippen molar-refractivity contribution < 1.29 is 4.21 Å². The molecule has 1 aliphatic carbocycles. The number of nitrogens with one attached hydrogen (secondary N) is 1. The fourth-order valence-electron chi connectivity index (χ4n) is 2.24. The summed E-state index contributed by atoms with van der Waals surface area (Å²) in [5.74, 6) is 1.59. The molecular formula is C10H21NOS. The quantitative estimate of drug-likeness (QED) is 0.751. The monoisotopic (exact) mass is 203 g/mol. The lowest BCUT2D eigenvalue weighted by molar-refractivity contribution is 0.294. The van der Waals surface area contributed by atoms with Crippen molar-refractivity contribution in [3.8, 4) is 0 Å². The van der Waals surface area contributed by atoms with Gasteiger partial charge in [0.25, 0.3) is 0 Å². The van der Waals surface area contributed by atoms with Gasteiger partial charge in [-0.05, 0) is 25.8 Å². The fraction of sp³-hybridized carbons (Fsp3) is 1.00. The van der Waals surface area contributed by atoms with Crippen molar-refractivity contribution in [1.29, 1.82) is 0 Å². The summed E-state index contributed by atoms with van der Waals surface area (Å²) in [5.41, 5.74) is 0. The van der Waals surface area contributed by atoms with E-state index >= 15 is 0 Å². The molecule has 0 bridgehead atoms. The number of rotatable bonds is 4. The zero-order chi connectivity index (χ0) is 9.68. The van der Waals surface area contributed by atoms with Gasteiger partial charge in [0.15, 0.2) is 0 Å². The van der Waals surface area contributed by atoms with Gasteiger partial charge >= 0.3 is 0 Å². The predicted octanol–water partition coefficient (Wildman–Crippen LogP) is 1.53. The molecule has 1 saturated carbocycles. The van der Waals surface area contributed by atoms with E-state index in [1.165, 1.54) is 32.1 Å². The van der Waals surface area contributed by atoms with Crippen LogP contribution in [-0.4, -0.2) is 29.3 Å². The highest BCUT2D eigenvalue weighted by Crippen LogP contribution is 2.26. The minimum absolute atomic E-state index is 0.478. The molecule has 0 amide bonds. The van der Waals surface area contributed by atoms with E-state index in [0.29, 0.717) is 6.04 Å². The smallest absolute Gasteiger partial charge is 0.0388 e. The summed E-state index contributed by atoms with van der Waals surface area (Å²) in [6.07, 6.45) is 8.55. The van der Waals surface area contributed by atoms with E-state index in [1.807, 2.05) is 7.05 Å². The van der Waals surface area contributed by atoms with Crippen LogP contribution < -0.4 is 5.32 Å². The normalized spacial score (nSPS) is 24.2. The maximum atomic E-state index is 11.1. The van der Waals surface area contributed by atoms with E-state index in [4.69, 9.17) is 0 Å². The van der Waals surface area contributed by atoms with Crippen molar-refractivity contribution in [3.63, 3.8) is 0 Å². The molecule has 0 aliphatic heterocycles. The maximum absolute atomic E-state index is 11.1. The van der Waals surface area contributed by atoms with Gasteiger partial charge in [-0.2, -0.15) is 0 Å². The van der Waals surface area contributed by atoms with Gasteiger partial charge in [0, 0.05) is 28.9 Å². The molecule has 0 spiro atoms. The third kappa shape index (κ3) is 3.77. The van der Waals surface area contributed by atoms with Gasteiger partial charge in [0.05, 0.1) is 0 Å². The third-order valence-corrected chi connectivity index (χ3v) is 3.83. The molecule has 0 aromatic rings. The Morgan fingerprint density at radius 2 is 2.00 bits per heavy atom. The molecule has 0 heterocycles. The first-order valence-electron chi connectivity index (χ1n) is 5.21. The highest BCUT2D eigenvalue weighted by atomic mass is 32.2. The average molecular weight is 203 g/mol. The molecule has 0 radical (unpaired) electrons. The van der Waals surface area contributed by atoms with Gasteiger partial charge in [0.1, 0.15) is 0 Å². The molecule has 1 rings (SSSR count). The van der Waals surface area contributed by atoms with Gasteiger partial charge in [-0.15, -0.1) is 0 Å². The lowest BCUT2D eigenvalue weighted by Gasteiger charge is -2.29. The molecule has 3 heteroatoms. The van der Waals surface area contributed by atoms with Crippen LogP contribution in [0, 0.1) is 5.92 Å². The second-order valence-corrected chi connectivity index (χ2v) is 5.51. The minimum Gasteiger partial charge on any atom is -0.316 e. The molecule has 1 fully saturated rings. The summed E-state index contributed by atoms with van der Waals surface area (Å²) in [5, 5.41) is 3.31. The summed E-state index contributed by atoms with van der Waals surface area (Å²) in [6, 6.07) is 0.478. The van der Waals surface area contributed by atoms with Crippen LogP contribution in [0.25, 0.3) is 0 Å². The molecule has 0 saturated heterocycles. The van der Waals surface area contributed by atoms with E-state index in [2.05, 4.69) is 5.32 Å². The Bertz CT molecular complexity index is 166. The maximum Gasteiger partial charge on any atom is 0.0388 e. The molecule has 1 aliphatic rings. The number of hydrogen-bond donors (Lipinski definition) is 1. The van der Waals surface area contributed by atoms with Crippen molar-refractivity contribution in [2.24, 2.45) is 5.92 Å². The second kappa shape index (κ2) is 5.76. The summed E-state index contributed by atoms with van der Waals surface area (Å²) in [6.45, 7) is 0. The van der Waals surface area contributed by atoms with Crippen LogP contribution in [0.4, 0.5) is 0 Å². The Labute approximate surface area is 83.9 Å². The van der Waals surface area contributed by atoms with Crippen molar-refractivity contribution in [1.82, 2.24) is 5.32 Å². The Hall–Kier alpha value is 0.110. The Morgan fingerprint density at radius 3 is 2.46 bits per heavy atom. The topological polar surface area (TPSA) is 29.1 Å². The van der Waals surface area contributed by atoms with Crippen molar-refractivity contribution in [2.45, 2.75) is 38.1 Å². The van der Waals surface area contributed by atoms with Crippen LogP contribution in [-0.2, 0) is 10.8 Å². The van der Waals surface area contributed by atoms with Crippen LogP contribution in [0.2, 0.25) is 0 Å². The molecule has 0 aromatic heterocycles. The van der Waals surface area contributed by atoms with Crippen molar-refractivity contribution >= 4 is 10.8 Å². The zero-order valence-electron chi connectivity index (χ0n) is 8.71. The van der Waals surface area contributed by atoms with E-state index in [0.717, 1.165) is 11.7 Å². The van der Waals surface area contributed by atoms with Gasteiger partial charge in [-0.1, -0.05) is 19.3 Å². The summed E-state index contributed by atoms with van der Waals surface area (Å²) in [4.78, 5) is 0. The predicted molar refractivity (Wildman–Crippen MR) is 58.4 cm³/mol. The Morgan fingerprint density at radius 1 is 1.38 bits per heavy atom. The SMILES string of the molecule is CNC(CS(C)=O)C1CCCCC1. The molecule has 13 heavy (non-hydrogen) atoms. The highest BCUT2D eigenvalue weighted by Gasteiger charge is 2.22. The first-order chi connectivity index (χ1) is 6.24. The van der Waals surface area contributed by atoms with Gasteiger partial charge in [0.2, 0.25) is 0 Å². The van der Waals surface area contributed by atoms with Crippen LogP contribution in [0.15, 0.2) is 0 Å². The fourth-order valence-corrected chi connectivity index (χ4v) is 3.19. The number of hydrogen-bond acceptors (Lipinski definition) is 2. The standard InChI is InChI=1S/C10H21NOS/c1-11-10(8-13(2)12)9-6-4-3-5-7-9/h9-11H,3-8H2,1-2H3. The Balaban J connectivity index is 2.39. The van der Waals surface area contributed by atoms with E-state index < -0.39 is 10.8 Å². The largest absolute Gasteiger partial charge is 0.316 e. The second-order valence-electron chi connectivity index (χ2n) is 4.03. The molecule has 2 atom stereocenters. The Kier molecular flexibility index (Phi) is 4.96. The van der Waals surface area contributed by atoms with Crippen molar-refractivity contribution in [3.05, 3.63) is 0 Å². The lowest BCUT2D eigenvalue weighted by atomic mass is 9.84. The van der Waals surface area contributed by atoms with Crippen LogP contribution in [0.1, 0.15) is 32.1 Å². The minimum atomic E-state index is -0.660. The molecule has 2 unspecified atom stereocenters. The van der Waals surface area contributed by atoms with E-state index in [-0.39, 0.29) is 0 Å². The first kappa shape index (κ1) is 11.2.